The minimum absolute atomic E-state index is 0.00370. The molecule has 0 spiro atoms. The minimum Gasteiger partial charge on any atom is -0.507 e. The predicted octanol–water partition coefficient (Wildman–Crippen LogP) is 6.64. The number of carbonyl (C=O) groups excluding carboxylic acids is 2. The van der Waals surface area contributed by atoms with Crippen molar-refractivity contribution in [3.8, 4) is 5.75 Å². The number of allylic oxidation sites excluding steroid dienone is 2. The van der Waals surface area contributed by atoms with Gasteiger partial charge in [-0.05, 0) is 78.0 Å². The Morgan fingerprint density at radius 1 is 1.05 bits per heavy atom. The maximum absolute atomic E-state index is 13.4. The SMILES string of the molecule is CCCN1C(=O)[C@@H]2[C@@H](CC(C(C)C)=C3[C@@H](CC/C(=C/c4ccc(O)c5ccccc45)c4ccccn4)OC[C@@H]32)C1=O. The number of aromatic hydroxyl groups is 1. The average molecular weight is 551 g/mol. The molecule has 3 aliphatic rings. The first-order chi connectivity index (χ1) is 19.9. The number of imide groups is 1. The number of phenolic OH excluding ortho intramolecular Hbond substituents is 1. The van der Waals surface area contributed by atoms with Gasteiger partial charge >= 0.3 is 0 Å². The molecule has 2 aliphatic heterocycles. The van der Waals surface area contributed by atoms with Crippen LogP contribution < -0.4 is 0 Å². The molecule has 3 heterocycles. The van der Waals surface area contributed by atoms with E-state index in [1.54, 1.807) is 6.07 Å². The predicted molar refractivity (Wildman–Crippen MR) is 161 cm³/mol. The zero-order valence-electron chi connectivity index (χ0n) is 24.0. The number of rotatable bonds is 8. The highest BCUT2D eigenvalue weighted by atomic mass is 16.5. The van der Waals surface area contributed by atoms with Gasteiger partial charge in [-0.2, -0.15) is 0 Å². The summed E-state index contributed by atoms with van der Waals surface area (Å²) in [5, 5.41) is 12.2. The number of hydrogen-bond acceptors (Lipinski definition) is 5. The van der Waals surface area contributed by atoms with E-state index in [0.717, 1.165) is 46.9 Å². The fourth-order valence-corrected chi connectivity index (χ4v) is 7.20. The van der Waals surface area contributed by atoms with Crippen LogP contribution in [0.4, 0.5) is 0 Å². The molecule has 2 fully saturated rings. The summed E-state index contributed by atoms with van der Waals surface area (Å²) in [6.45, 7) is 7.37. The van der Waals surface area contributed by atoms with Gasteiger partial charge in [0, 0.05) is 24.0 Å². The molecule has 1 aliphatic carbocycles. The van der Waals surface area contributed by atoms with Crippen LogP contribution in [0.25, 0.3) is 22.4 Å². The third kappa shape index (κ3) is 4.88. The van der Waals surface area contributed by atoms with Crippen LogP contribution in [0.3, 0.4) is 0 Å². The van der Waals surface area contributed by atoms with Crippen LogP contribution in [0.1, 0.15) is 57.7 Å². The fraction of sp³-hybridized carbons (Fsp3) is 0.400. The number of hydrogen-bond donors (Lipinski definition) is 1. The molecule has 0 radical (unpaired) electrons. The van der Waals surface area contributed by atoms with E-state index in [4.69, 9.17) is 4.74 Å². The molecule has 212 valence electrons. The van der Waals surface area contributed by atoms with Crippen molar-refractivity contribution in [1.29, 1.82) is 0 Å². The van der Waals surface area contributed by atoms with Crippen LogP contribution in [0.15, 0.2) is 71.9 Å². The van der Waals surface area contributed by atoms with E-state index in [-0.39, 0.29) is 47.3 Å². The highest BCUT2D eigenvalue weighted by Gasteiger charge is 2.56. The van der Waals surface area contributed by atoms with E-state index in [2.05, 4.69) is 24.9 Å². The number of ether oxygens (including phenoxy) is 1. The molecule has 41 heavy (non-hydrogen) atoms. The zero-order chi connectivity index (χ0) is 28.7. The quantitative estimate of drug-likeness (QED) is 0.251. The third-order valence-corrected chi connectivity index (χ3v) is 9.11. The van der Waals surface area contributed by atoms with Gasteiger partial charge in [0.25, 0.3) is 0 Å². The van der Waals surface area contributed by atoms with E-state index < -0.39 is 0 Å². The Kier molecular flexibility index (Phi) is 7.52. The number of benzene rings is 2. The number of fused-ring (bicyclic) bond motifs is 4. The summed E-state index contributed by atoms with van der Waals surface area (Å²) in [6.07, 6.45) is 6.82. The molecular formula is C35H38N2O4. The number of carbonyl (C=O) groups is 2. The minimum atomic E-state index is -0.300. The van der Waals surface area contributed by atoms with Gasteiger partial charge in [-0.25, -0.2) is 0 Å². The van der Waals surface area contributed by atoms with Crippen molar-refractivity contribution in [1.82, 2.24) is 9.88 Å². The van der Waals surface area contributed by atoms with Gasteiger partial charge < -0.3 is 9.84 Å². The van der Waals surface area contributed by atoms with Crippen LogP contribution >= 0.6 is 0 Å². The summed E-state index contributed by atoms with van der Waals surface area (Å²) in [4.78, 5) is 32.9. The van der Waals surface area contributed by atoms with Crippen molar-refractivity contribution in [2.75, 3.05) is 13.2 Å². The smallest absolute Gasteiger partial charge is 0.233 e. The second-order valence-corrected chi connectivity index (χ2v) is 11.9. The van der Waals surface area contributed by atoms with Gasteiger partial charge in [-0.3, -0.25) is 19.5 Å². The summed E-state index contributed by atoms with van der Waals surface area (Å²) < 4.78 is 6.47. The van der Waals surface area contributed by atoms with Crippen LogP contribution in [0, 0.1) is 23.7 Å². The number of phenols is 1. The first-order valence-corrected chi connectivity index (χ1v) is 14.9. The van der Waals surface area contributed by atoms with E-state index in [9.17, 15) is 14.7 Å². The lowest BCUT2D eigenvalue weighted by molar-refractivity contribution is -0.140. The summed E-state index contributed by atoms with van der Waals surface area (Å²) in [6, 6.07) is 17.5. The second kappa shape index (κ2) is 11.2. The number of nitrogens with zero attached hydrogens (tertiary/aromatic N) is 2. The lowest BCUT2D eigenvalue weighted by Gasteiger charge is -2.33. The first-order valence-electron chi connectivity index (χ1n) is 14.9. The molecule has 2 aromatic carbocycles. The number of amides is 2. The van der Waals surface area contributed by atoms with Gasteiger partial charge in [0.1, 0.15) is 5.75 Å². The van der Waals surface area contributed by atoms with Gasteiger partial charge in [0.15, 0.2) is 0 Å². The summed E-state index contributed by atoms with van der Waals surface area (Å²) in [5.41, 5.74) is 5.59. The van der Waals surface area contributed by atoms with E-state index in [1.165, 1.54) is 16.0 Å². The highest BCUT2D eigenvalue weighted by Crippen LogP contribution is 2.51. The molecule has 2 amide bonds. The molecule has 0 unspecified atom stereocenters. The van der Waals surface area contributed by atoms with Gasteiger partial charge in [0.2, 0.25) is 11.8 Å². The molecule has 0 saturated carbocycles. The molecule has 1 N–H and O–H groups in total. The summed E-state index contributed by atoms with van der Waals surface area (Å²) in [5.74, 6) is -0.0369. The molecule has 6 rings (SSSR count). The Bertz CT molecular complexity index is 1540. The van der Waals surface area contributed by atoms with Crippen molar-refractivity contribution >= 4 is 34.2 Å². The molecule has 2 saturated heterocycles. The lowest BCUT2D eigenvalue weighted by Crippen LogP contribution is -2.35. The van der Waals surface area contributed by atoms with Gasteiger partial charge in [-0.15, -0.1) is 0 Å². The van der Waals surface area contributed by atoms with Crippen molar-refractivity contribution in [2.24, 2.45) is 23.7 Å². The Hall–Kier alpha value is -3.77. The fourth-order valence-electron chi connectivity index (χ4n) is 7.20. The van der Waals surface area contributed by atoms with Crippen LogP contribution in [-0.4, -0.2) is 46.1 Å². The van der Waals surface area contributed by atoms with Crippen molar-refractivity contribution in [2.45, 2.75) is 52.6 Å². The Balaban J connectivity index is 1.33. The molecule has 6 nitrogen and oxygen atoms in total. The standard InChI is InChI=1S/C35H38N2O4/c1-4-17-37-34(39)27-19-26(21(2)3)32-28(33(27)35(37)40)20-41-31(32)15-13-23(29-11-7-8-16-36-29)18-22-12-14-30(38)25-10-6-5-9-24(22)25/h5-12,14,16,18,21,27-28,31,33,38H,4,13,15,17,19-20H2,1-3H3/b23-18-/t27-,28+,31-,33-/m1/s1. The van der Waals surface area contributed by atoms with Crippen LogP contribution in [-0.2, 0) is 14.3 Å². The largest absolute Gasteiger partial charge is 0.507 e. The molecule has 4 atom stereocenters. The highest BCUT2D eigenvalue weighted by molar-refractivity contribution is 6.06. The van der Waals surface area contributed by atoms with E-state index >= 15 is 0 Å². The van der Waals surface area contributed by atoms with E-state index in [1.807, 2.05) is 61.7 Å². The first kappa shape index (κ1) is 27.4. The Morgan fingerprint density at radius 2 is 1.83 bits per heavy atom. The van der Waals surface area contributed by atoms with Crippen LogP contribution in [0.5, 0.6) is 5.75 Å². The lowest BCUT2D eigenvalue weighted by atomic mass is 9.67. The normalized spacial score (nSPS) is 24.5. The van der Waals surface area contributed by atoms with Crippen molar-refractivity contribution in [3.63, 3.8) is 0 Å². The topological polar surface area (TPSA) is 79.7 Å². The summed E-state index contributed by atoms with van der Waals surface area (Å²) in [7, 11) is 0. The monoisotopic (exact) mass is 550 g/mol. The molecular weight excluding hydrogens is 512 g/mol. The third-order valence-electron chi connectivity index (χ3n) is 9.11. The average Bonchev–Trinajstić information content (AvgIpc) is 3.51. The van der Waals surface area contributed by atoms with Crippen molar-refractivity contribution in [3.05, 3.63) is 83.2 Å². The molecule has 0 bridgehead atoms. The Labute approximate surface area is 241 Å². The number of likely N-dealkylation sites (tertiary alicyclic amines) is 1. The van der Waals surface area contributed by atoms with E-state index in [0.29, 0.717) is 19.6 Å². The van der Waals surface area contributed by atoms with Crippen molar-refractivity contribution < 1.29 is 19.4 Å². The van der Waals surface area contributed by atoms with Gasteiger partial charge in [0.05, 0.1) is 30.2 Å². The molecule has 3 aromatic rings. The number of aromatic nitrogens is 1. The Morgan fingerprint density at radius 3 is 2.56 bits per heavy atom. The maximum atomic E-state index is 13.4. The number of pyridine rings is 1. The molecule has 1 aromatic heterocycles. The second-order valence-electron chi connectivity index (χ2n) is 11.9. The summed E-state index contributed by atoms with van der Waals surface area (Å²) >= 11 is 0. The zero-order valence-corrected chi connectivity index (χ0v) is 24.0. The molecule has 6 heteroatoms. The maximum Gasteiger partial charge on any atom is 0.233 e. The van der Waals surface area contributed by atoms with Crippen LogP contribution in [0.2, 0.25) is 0 Å². The van der Waals surface area contributed by atoms with Gasteiger partial charge in [-0.1, -0.05) is 62.7 Å².